The van der Waals surface area contributed by atoms with Gasteiger partial charge in [0.15, 0.2) is 0 Å². The van der Waals surface area contributed by atoms with Crippen molar-refractivity contribution in [3.05, 3.63) is 56.8 Å². The summed E-state index contributed by atoms with van der Waals surface area (Å²) in [5, 5.41) is 4.84. The Morgan fingerprint density at radius 3 is 3.05 bits per heavy atom. The van der Waals surface area contributed by atoms with E-state index in [-0.39, 0.29) is 11.8 Å². The summed E-state index contributed by atoms with van der Waals surface area (Å²) < 4.78 is 12.0. The lowest BCUT2D eigenvalue weighted by molar-refractivity contribution is 0.0952. The van der Waals surface area contributed by atoms with Crippen LogP contribution >= 0.6 is 27.3 Å². The molecule has 0 saturated carbocycles. The predicted molar refractivity (Wildman–Crippen MR) is 84.5 cm³/mol. The number of halogens is 1. The summed E-state index contributed by atoms with van der Waals surface area (Å²) in [6, 6.07) is 5.56. The smallest absolute Gasteiger partial charge is 0.261 e. The summed E-state index contributed by atoms with van der Waals surface area (Å²) in [6.45, 7) is 1.14. The second-order valence-corrected chi connectivity index (χ2v) is 6.48. The zero-order chi connectivity index (χ0) is 14.7. The Labute approximate surface area is 134 Å². The molecular formula is C15H14BrNO3S. The highest BCUT2D eigenvalue weighted by Crippen LogP contribution is 2.29. The third-order valence-electron chi connectivity index (χ3n) is 3.22. The average molecular weight is 368 g/mol. The number of carbonyl (C=O) groups excluding carboxylic acids is 1. The van der Waals surface area contributed by atoms with Crippen molar-refractivity contribution in [1.82, 2.24) is 5.32 Å². The number of furan rings is 1. The third kappa shape index (κ3) is 3.39. The molecule has 0 spiro atoms. The largest absolute Gasteiger partial charge is 0.497 e. The lowest BCUT2D eigenvalue weighted by Gasteiger charge is -2.16. The first kappa shape index (κ1) is 14.4. The highest BCUT2D eigenvalue weighted by atomic mass is 79.9. The lowest BCUT2D eigenvalue weighted by atomic mass is 10.0. The molecule has 1 atom stereocenters. The average Bonchev–Trinajstić information content (AvgIpc) is 3.21. The second-order valence-electron chi connectivity index (χ2n) is 4.65. The molecule has 3 heterocycles. The zero-order valence-corrected chi connectivity index (χ0v) is 13.6. The highest BCUT2D eigenvalue weighted by Gasteiger charge is 2.24. The van der Waals surface area contributed by atoms with Gasteiger partial charge in [-0.3, -0.25) is 4.79 Å². The van der Waals surface area contributed by atoms with Gasteiger partial charge in [0.2, 0.25) is 0 Å². The molecule has 0 fully saturated rings. The summed E-state index contributed by atoms with van der Waals surface area (Å²) in [6.07, 6.45) is 4.59. The molecule has 1 aliphatic heterocycles. The van der Waals surface area contributed by atoms with E-state index in [1.165, 1.54) is 11.3 Å². The van der Waals surface area contributed by atoms with Crippen LogP contribution in [0.4, 0.5) is 0 Å². The molecule has 0 bridgehead atoms. The molecule has 4 nitrogen and oxygen atoms in total. The highest BCUT2D eigenvalue weighted by molar-refractivity contribution is 9.10. The van der Waals surface area contributed by atoms with Crippen LogP contribution in [0.15, 0.2) is 50.6 Å². The van der Waals surface area contributed by atoms with Crippen LogP contribution in [-0.2, 0) is 4.74 Å². The molecule has 0 saturated heterocycles. The molecule has 3 rings (SSSR count). The quantitative estimate of drug-likeness (QED) is 0.870. The van der Waals surface area contributed by atoms with Crippen molar-refractivity contribution in [2.45, 2.75) is 12.3 Å². The predicted octanol–water partition coefficient (Wildman–Crippen LogP) is 3.92. The van der Waals surface area contributed by atoms with Gasteiger partial charge in [-0.05, 0) is 40.2 Å². The fraction of sp³-hybridized carbons (Fsp3) is 0.267. The Morgan fingerprint density at radius 2 is 2.43 bits per heavy atom. The van der Waals surface area contributed by atoms with Crippen molar-refractivity contribution in [3.8, 4) is 0 Å². The number of ether oxygens (including phenoxy) is 1. The molecule has 6 heteroatoms. The van der Waals surface area contributed by atoms with E-state index in [2.05, 4.69) is 27.3 Å². The first-order chi connectivity index (χ1) is 10.2. The van der Waals surface area contributed by atoms with Gasteiger partial charge in [-0.1, -0.05) is 0 Å². The van der Waals surface area contributed by atoms with Crippen molar-refractivity contribution in [2.75, 3.05) is 13.2 Å². The van der Waals surface area contributed by atoms with Gasteiger partial charge in [0.25, 0.3) is 5.91 Å². The van der Waals surface area contributed by atoms with Crippen LogP contribution in [0.2, 0.25) is 0 Å². The molecule has 2 aromatic rings. The number of thiophene rings is 1. The molecule has 110 valence electrons. The molecule has 2 aromatic heterocycles. The molecule has 1 N–H and O–H groups in total. The van der Waals surface area contributed by atoms with Gasteiger partial charge in [0.1, 0.15) is 11.5 Å². The molecule has 1 unspecified atom stereocenters. The number of carbonyl (C=O) groups is 1. The number of nitrogens with one attached hydrogen (secondary N) is 1. The van der Waals surface area contributed by atoms with Gasteiger partial charge in [0.05, 0.1) is 23.7 Å². The monoisotopic (exact) mass is 367 g/mol. The molecule has 0 aliphatic carbocycles. The van der Waals surface area contributed by atoms with Crippen molar-refractivity contribution >= 4 is 33.2 Å². The topological polar surface area (TPSA) is 51.5 Å². The van der Waals surface area contributed by atoms with Crippen LogP contribution in [0.3, 0.4) is 0 Å². The minimum atomic E-state index is -0.0825. The van der Waals surface area contributed by atoms with E-state index in [1.54, 1.807) is 6.26 Å². The maximum absolute atomic E-state index is 12.1. The van der Waals surface area contributed by atoms with Gasteiger partial charge in [-0.15, -0.1) is 11.3 Å². The normalized spacial score (nSPS) is 15.4. The van der Waals surface area contributed by atoms with E-state index in [0.29, 0.717) is 18.0 Å². The molecular weight excluding hydrogens is 354 g/mol. The third-order valence-corrected chi connectivity index (χ3v) is 4.91. The van der Waals surface area contributed by atoms with E-state index < -0.39 is 0 Å². The van der Waals surface area contributed by atoms with Crippen LogP contribution < -0.4 is 5.32 Å². The van der Waals surface area contributed by atoms with Gasteiger partial charge in [-0.25, -0.2) is 0 Å². The van der Waals surface area contributed by atoms with Gasteiger partial charge >= 0.3 is 0 Å². The Hall–Kier alpha value is -1.53. The Balaban J connectivity index is 1.69. The molecule has 1 amide bonds. The number of amides is 1. The Kier molecular flexibility index (Phi) is 4.45. The van der Waals surface area contributed by atoms with Crippen LogP contribution in [0.5, 0.6) is 0 Å². The Bertz CT molecular complexity index is 648. The van der Waals surface area contributed by atoms with Crippen LogP contribution in [-0.4, -0.2) is 19.1 Å². The summed E-state index contributed by atoms with van der Waals surface area (Å²) in [4.78, 5) is 12.8. The van der Waals surface area contributed by atoms with E-state index >= 15 is 0 Å². The molecule has 0 aromatic carbocycles. The summed E-state index contributed by atoms with van der Waals surface area (Å²) in [5.41, 5.74) is 0. The SMILES string of the molecule is O=C(NCC(C1=CCCO1)c1ccco1)c1cc(Br)cs1. The van der Waals surface area contributed by atoms with E-state index in [1.807, 2.05) is 23.6 Å². The number of rotatable bonds is 5. The standard InChI is InChI=1S/C15H14BrNO3S/c16-10-7-14(21-9-10)15(18)17-8-11(12-3-1-5-19-12)13-4-2-6-20-13/h1,3-5,7,9,11H,2,6,8H2,(H,17,18). The maximum atomic E-state index is 12.1. The van der Waals surface area contributed by atoms with Crippen LogP contribution in [0.25, 0.3) is 0 Å². The summed E-state index contributed by atoms with van der Waals surface area (Å²) in [5.74, 6) is 1.52. The Morgan fingerprint density at radius 1 is 1.52 bits per heavy atom. The molecule has 21 heavy (non-hydrogen) atoms. The first-order valence-corrected chi connectivity index (χ1v) is 8.30. The fourth-order valence-corrected chi connectivity index (χ4v) is 3.57. The minimum Gasteiger partial charge on any atom is -0.497 e. The fourth-order valence-electron chi connectivity index (χ4n) is 2.22. The summed E-state index contributed by atoms with van der Waals surface area (Å²) >= 11 is 4.76. The maximum Gasteiger partial charge on any atom is 0.261 e. The van der Waals surface area contributed by atoms with Gasteiger partial charge < -0.3 is 14.5 Å². The van der Waals surface area contributed by atoms with Crippen LogP contribution in [0, 0.1) is 0 Å². The van der Waals surface area contributed by atoms with Crippen molar-refractivity contribution in [1.29, 1.82) is 0 Å². The molecule has 1 aliphatic rings. The number of hydrogen-bond acceptors (Lipinski definition) is 4. The minimum absolute atomic E-state index is 0.0742. The van der Waals surface area contributed by atoms with Gasteiger partial charge in [-0.2, -0.15) is 0 Å². The van der Waals surface area contributed by atoms with Crippen LogP contribution in [0.1, 0.15) is 27.8 Å². The zero-order valence-electron chi connectivity index (χ0n) is 11.2. The van der Waals surface area contributed by atoms with Gasteiger partial charge in [0, 0.05) is 22.8 Å². The summed E-state index contributed by atoms with van der Waals surface area (Å²) in [7, 11) is 0. The lowest BCUT2D eigenvalue weighted by Crippen LogP contribution is -2.28. The van der Waals surface area contributed by atoms with E-state index in [0.717, 1.165) is 22.4 Å². The van der Waals surface area contributed by atoms with Crippen molar-refractivity contribution < 1.29 is 13.9 Å². The van der Waals surface area contributed by atoms with Crippen molar-refractivity contribution in [3.63, 3.8) is 0 Å². The molecule has 0 radical (unpaired) electrons. The first-order valence-electron chi connectivity index (χ1n) is 6.62. The number of hydrogen-bond donors (Lipinski definition) is 1. The van der Waals surface area contributed by atoms with Crippen molar-refractivity contribution in [2.24, 2.45) is 0 Å². The van der Waals surface area contributed by atoms with E-state index in [9.17, 15) is 4.79 Å². The second kappa shape index (κ2) is 6.49. The van der Waals surface area contributed by atoms with E-state index in [4.69, 9.17) is 9.15 Å².